The summed E-state index contributed by atoms with van der Waals surface area (Å²) in [6.45, 7) is 4.77. The van der Waals surface area contributed by atoms with Gasteiger partial charge in [-0.2, -0.15) is 0 Å². The largest absolute Gasteiger partial charge is 0.540 e. The summed E-state index contributed by atoms with van der Waals surface area (Å²) in [6, 6.07) is 4.30. The summed E-state index contributed by atoms with van der Waals surface area (Å²) in [5.41, 5.74) is 1.33. The standard InChI is InChI=1S/C34H43FN3O6.V/c1-34(2,3)24-15-31(40)43-29-13-19-12-22(19)21(29)8-6-5-7-9-26-32(37-27-14-20(42-4)10-11-25(27)36-26)44-30-17-38(33(24)41)28(18-39)23(30)16-35;/h10-11,14,19,21-24,28-30H,5-9,12-13,15-17H2,1-4H3;/q-1;/t19?,21-,22?,23+,24-,28-,29-,30+;/m1./s1. The maximum absolute atomic E-state index is 14.6. The van der Waals surface area contributed by atoms with Gasteiger partial charge in [0, 0.05) is 30.5 Å². The van der Waals surface area contributed by atoms with Gasteiger partial charge in [0.2, 0.25) is 11.8 Å². The first-order chi connectivity index (χ1) is 21.1. The van der Waals surface area contributed by atoms with Gasteiger partial charge in [0.05, 0.1) is 43.7 Å². The van der Waals surface area contributed by atoms with Gasteiger partial charge in [0.15, 0.2) is 0 Å². The number of aromatic nitrogens is 2. The Balaban J connectivity index is 0.00000400. The SMILES string of the molecule is COc1ccc2nc3c(nc2c1)O[C@H]1CN(C(=O)[C@H](C(C)(C)C)CC(=O)O[C@@H]2CC4CC4[C@H]2CCCCC3)[C@H]([C-]=O)[C@@H]1CF.[V]. The number of rotatable bonds is 3. The van der Waals surface area contributed by atoms with Gasteiger partial charge in [0.25, 0.3) is 0 Å². The monoisotopic (exact) mass is 659 g/mol. The zero-order chi connectivity index (χ0) is 31.2. The fraction of sp³-hybridized carbons (Fsp3) is 0.676. The number of methoxy groups -OCH3 is 1. The number of nitrogens with zero attached hydrogens (tertiary/aromatic N) is 3. The van der Waals surface area contributed by atoms with Crippen molar-refractivity contribution in [2.75, 3.05) is 20.3 Å². The summed E-state index contributed by atoms with van der Waals surface area (Å²) < 4.78 is 32.5. The molecule has 6 rings (SSSR count). The maximum atomic E-state index is 14.6. The molecule has 4 aliphatic rings. The van der Waals surface area contributed by atoms with Crippen molar-refractivity contribution >= 4 is 29.2 Å². The van der Waals surface area contributed by atoms with Crippen molar-refractivity contribution in [3.8, 4) is 11.6 Å². The number of fused-ring (bicyclic) bond motifs is 7. The van der Waals surface area contributed by atoms with Crippen molar-refractivity contribution in [2.24, 2.45) is 35.0 Å². The molecular weight excluding hydrogens is 616 g/mol. The molecule has 11 heteroatoms. The number of hydrogen-bond acceptors (Lipinski definition) is 8. The van der Waals surface area contributed by atoms with Crippen LogP contribution in [-0.4, -0.2) is 71.6 Å². The van der Waals surface area contributed by atoms with Gasteiger partial charge < -0.3 is 23.9 Å². The van der Waals surface area contributed by atoms with E-state index in [4.69, 9.17) is 24.2 Å². The van der Waals surface area contributed by atoms with Crippen LogP contribution in [0.2, 0.25) is 0 Å². The summed E-state index contributed by atoms with van der Waals surface area (Å²) in [7, 11) is 1.58. The van der Waals surface area contributed by atoms with E-state index >= 15 is 0 Å². The molecule has 9 nitrogen and oxygen atoms in total. The Labute approximate surface area is 276 Å². The third kappa shape index (κ3) is 6.87. The minimum atomic E-state index is -1.15. The van der Waals surface area contributed by atoms with Crippen molar-refractivity contribution in [1.29, 1.82) is 0 Å². The summed E-state index contributed by atoms with van der Waals surface area (Å²) in [5.74, 6) is 0.00960. The van der Waals surface area contributed by atoms with Gasteiger partial charge in [-0.05, 0) is 67.4 Å². The smallest absolute Gasteiger partial charge is 0.306 e. The predicted octanol–water partition coefficient (Wildman–Crippen LogP) is 5.03. The first kappa shape index (κ1) is 33.6. The van der Waals surface area contributed by atoms with E-state index in [1.54, 1.807) is 13.2 Å². The number of carbonyl (C=O) groups excluding carboxylic acids is 3. The molecule has 2 aliphatic heterocycles. The number of alkyl halides is 1. The zero-order valence-electron chi connectivity index (χ0n) is 26.5. The molecule has 2 aliphatic carbocycles. The zero-order valence-corrected chi connectivity index (χ0v) is 27.9. The number of hydrogen-bond donors (Lipinski definition) is 0. The second-order valence-corrected chi connectivity index (χ2v) is 14.2. The van der Waals surface area contributed by atoms with Crippen LogP contribution in [0.5, 0.6) is 11.6 Å². The Morgan fingerprint density at radius 3 is 2.56 bits per heavy atom. The molecule has 8 atom stereocenters. The fourth-order valence-corrected chi connectivity index (χ4v) is 7.69. The Bertz CT molecular complexity index is 1420. The quantitative estimate of drug-likeness (QED) is 0.334. The molecule has 45 heavy (non-hydrogen) atoms. The minimum Gasteiger partial charge on any atom is -0.540 e. The van der Waals surface area contributed by atoms with Gasteiger partial charge in [0.1, 0.15) is 23.7 Å². The van der Waals surface area contributed by atoms with Gasteiger partial charge in [-0.1, -0.05) is 39.7 Å². The Morgan fingerprint density at radius 2 is 1.84 bits per heavy atom. The van der Waals surface area contributed by atoms with Gasteiger partial charge in [-0.3, -0.25) is 14.0 Å². The fourth-order valence-electron chi connectivity index (χ4n) is 7.69. The maximum Gasteiger partial charge on any atom is 0.306 e. The van der Waals surface area contributed by atoms with Gasteiger partial charge in [-0.25, -0.2) is 16.3 Å². The van der Waals surface area contributed by atoms with Crippen LogP contribution < -0.4 is 9.47 Å². The topological polar surface area (TPSA) is 108 Å². The van der Waals surface area contributed by atoms with E-state index in [2.05, 4.69) is 0 Å². The number of benzene rings is 1. The molecule has 1 aromatic heterocycles. The molecule has 2 unspecified atom stereocenters. The third-order valence-electron chi connectivity index (χ3n) is 10.3. The van der Waals surface area contributed by atoms with Crippen LogP contribution in [0.3, 0.4) is 0 Å². The molecular formula is C34H43FN3O6V-. The van der Waals surface area contributed by atoms with E-state index in [0.717, 1.165) is 32.1 Å². The van der Waals surface area contributed by atoms with E-state index in [9.17, 15) is 18.8 Å². The van der Waals surface area contributed by atoms with E-state index in [0.29, 0.717) is 46.7 Å². The number of ether oxygens (including phenoxy) is 3. The normalized spacial score (nSPS) is 32.2. The molecule has 1 amide bonds. The van der Waals surface area contributed by atoms with Crippen molar-refractivity contribution < 1.29 is 51.5 Å². The Kier molecular flexibility index (Phi) is 10.1. The number of carbonyl (C=O) groups is 2. The predicted molar refractivity (Wildman–Crippen MR) is 160 cm³/mol. The number of amides is 1. The number of aryl methyl sites for hydroxylation is 1. The minimum absolute atomic E-state index is 0. The van der Waals surface area contributed by atoms with Crippen LogP contribution in [0.4, 0.5) is 4.39 Å². The second kappa shape index (κ2) is 13.6. The molecule has 2 aromatic rings. The van der Waals surface area contributed by atoms with Crippen LogP contribution >= 0.6 is 0 Å². The van der Waals surface area contributed by atoms with Crippen LogP contribution in [-0.2, 0) is 44.1 Å². The second-order valence-electron chi connectivity index (χ2n) is 14.2. The molecule has 3 fully saturated rings. The first-order valence-corrected chi connectivity index (χ1v) is 16.1. The summed E-state index contributed by atoms with van der Waals surface area (Å²) in [4.78, 5) is 50.7. The van der Waals surface area contributed by atoms with E-state index in [-0.39, 0.29) is 49.5 Å². The average molecular weight is 660 g/mol. The van der Waals surface area contributed by atoms with Crippen LogP contribution in [0.1, 0.15) is 71.4 Å². The van der Waals surface area contributed by atoms with Crippen molar-refractivity contribution in [1.82, 2.24) is 14.9 Å². The van der Waals surface area contributed by atoms with E-state index in [1.807, 2.05) is 39.2 Å². The summed E-state index contributed by atoms with van der Waals surface area (Å²) in [6.07, 6.45) is 7.41. The molecule has 1 radical (unpaired) electrons. The van der Waals surface area contributed by atoms with E-state index in [1.165, 1.54) is 11.3 Å². The Morgan fingerprint density at radius 1 is 1.04 bits per heavy atom. The number of halogens is 1. The number of esters is 1. The van der Waals surface area contributed by atoms with E-state index < -0.39 is 42.0 Å². The third-order valence-corrected chi connectivity index (χ3v) is 10.3. The Hall–Kier alpha value is -2.72. The summed E-state index contributed by atoms with van der Waals surface area (Å²) in [5, 5.41) is 0. The molecule has 0 N–H and O–H groups in total. The van der Waals surface area contributed by atoms with Crippen LogP contribution in [0.15, 0.2) is 18.2 Å². The van der Waals surface area contributed by atoms with Crippen LogP contribution in [0, 0.1) is 35.0 Å². The molecule has 1 aromatic carbocycles. The van der Waals surface area contributed by atoms with Gasteiger partial charge >= 0.3 is 5.97 Å². The molecule has 2 saturated carbocycles. The van der Waals surface area contributed by atoms with Crippen molar-refractivity contribution in [3.63, 3.8) is 0 Å². The van der Waals surface area contributed by atoms with Crippen LogP contribution in [0.25, 0.3) is 11.0 Å². The first-order valence-electron chi connectivity index (χ1n) is 16.1. The average Bonchev–Trinajstić information content (AvgIpc) is 3.54. The van der Waals surface area contributed by atoms with Gasteiger partial charge in [-0.15, -0.1) is 0 Å². The molecule has 1 saturated heterocycles. The van der Waals surface area contributed by atoms with Crippen molar-refractivity contribution in [2.45, 2.75) is 90.4 Å². The molecule has 0 spiro atoms. The molecule has 243 valence electrons. The van der Waals surface area contributed by atoms with Crippen molar-refractivity contribution in [3.05, 3.63) is 23.9 Å². The molecule has 2 bridgehead atoms. The summed E-state index contributed by atoms with van der Waals surface area (Å²) >= 11 is 0. The molecule has 3 heterocycles.